The normalized spacial score (nSPS) is 21.1. The molecular formula is C26H26N6O2. The van der Waals surface area contributed by atoms with Gasteiger partial charge in [0.15, 0.2) is 0 Å². The molecule has 2 aromatic rings. The third kappa shape index (κ3) is 4.10. The molecule has 0 N–H and O–H groups in total. The summed E-state index contributed by atoms with van der Waals surface area (Å²) in [4.78, 5) is 30.2. The van der Waals surface area contributed by atoms with Crippen molar-refractivity contribution in [3.8, 4) is 0 Å². The monoisotopic (exact) mass is 454 g/mol. The number of hydrogen-bond acceptors (Lipinski definition) is 6. The van der Waals surface area contributed by atoms with Crippen molar-refractivity contribution in [3.63, 3.8) is 0 Å². The molecule has 5 rings (SSSR count). The lowest BCUT2D eigenvalue weighted by molar-refractivity contribution is -0.115. The highest BCUT2D eigenvalue weighted by molar-refractivity contribution is 6.30. The molecule has 1 fully saturated rings. The molecule has 34 heavy (non-hydrogen) atoms. The topological polar surface area (TPSA) is 71.8 Å². The fourth-order valence-corrected chi connectivity index (χ4v) is 4.18. The Kier molecular flexibility index (Phi) is 5.71. The Morgan fingerprint density at radius 3 is 1.32 bits per heavy atom. The molecule has 0 spiro atoms. The molecule has 172 valence electrons. The first kappa shape index (κ1) is 21.6. The van der Waals surface area contributed by atoms with Gasteiger partial charge in [-0.2, -0.15) is 20.2 Å². The maximum atomic E-state index is 12.9. The van der Waals surface area contributed by atoms with Crippen LogP contribution in [0.3, 0.4) is 0 Å². The van der Waals surface area contributed by atoms with Gasteiger partial charge >= 0.3 is 0 Å². The van der Waals surface area contributed by atoms with E-state index in [2.05, 4.69) is 20.0 Å². The minimum absolute atomic E-state index is 0.113. The molecular weight excluding hydrogens is 428 g/mol. The quantitative estimate of drug-likeness (QED) is 0.665. The van der Waals surface area contributed by atoms with Crippen LogP contribution in [0.15, 0.2) is 94.4 Å². The summed E-state index contributed by atoms with van der Waals surface area (Å²) in [5, 5.41) is 11.8. The Bertz CT molecular complexity index is 1130. The highest BCUT2D eigenvalue weighted by Gasteiger charge is 2.31. The van der Waals surface area contributed by atoms with Gasteiger partial charge in [-0.05, 0) is 38.1 Å². The van der Waals surface area contributed by atoms with Crippen molar-refractivity contribution >= 4 is 34.6 Å². The number of hydrazone groups is 2. The van der Waals surface area contributed by atoms with E-state index < -0.39 is 0 Å². The fraction of sp³-hybridized carbons (Fsp3) is 0.231. The Morgan fingerprint density at radius 1 is 0.618 bits per heavy atom. The second-order valence-corrected chi connectivity index (χ2v) is 8.43. The zero-order valence-corrected chi connectivity index (χ0v) is 19.3. The molecule has 0 saturated carbocycles. The molecule has 0 bridgehead atoms. The largest absolute Gasteiger partial charge is 0.373 e. The van der Waals surface area contributed by atoms with Gasteiger partial charge in [-0.25, -0.2) is 0 Å². The Balaban J connectivity index is 1.23. The van der Waals surface area contributed by atoms with Crippen molar-refractivity contribution in [2.24, 2.45) is 10.2 Å². The molecule has 8 nitrogen and oxygen atoms in total. The number of piperazine rings is 1. The van der Waals surface area contributed by atoms with Crippen molar-refractivity contribution in [2.75, 3.05) is 36.2 Å². The molecule has 3 heterocycles. The van der Waals surface area contributed by atoms with Crippen LogP contribution in [0.5, 0.6) is 0 Å². The van der Waals surface area contributed by atoms with Crippen LogP contribution in [-0.2, 0) is 9.59 Å². The van der Waals surface area contributed by atoms with Crippen molar-refractivity contribution < 1.29 is 9.59 Å². The van der Waals surface area contributed by atoms with E-state index in [-0.39, 0.29) is 11.8 Å². The minimum Gasteiger partial charge on any atom is -0.373 e. The summed E-state index contributed by atoms with van der Waals surface area (Å²) >= 11 is 0. The molecule has 1 saturated heterocycles. The Morgan fingerprint density at radius 2 is 0.971 bits per heavy atom. The van der Waals surface area contributed by atoms with Gasteiger partial charge in [0.05, 0.1) is 33.9 Å². The summed E-state index contributed by atoms with van der Waals surface area (Å²) in [5.41, 5.74) is 4.17. The Hall–Kier alpha value is -4.20. The van der Waals surface area contributed by atoms with E-state index in [0.717, 1.165) is 37.6 Å². The molecule has 0 aliphatic carbocycles. The number of rotatable bonds is 4. The number of amides is 2. The lowest BCUT2D eigenvalue weighted by Crippen LogP contribution is -2.42. The van der Waals surface area contributed by atoms with Crippen LogP contribution in [0.1, 0.15) is 13.8 Å². The molecule has 0 aromatic heterocycles. The third-order valence-electron chi connectivity index (χ3n) is 6.10. The lowest BCUT2D eigenvalue weighted by atomic mass is 10.1. The van der Waals surface area contributed by atoms with E-state index >= 15 is 0 Å². The first-order chi connectivity index (χ1) is 16.5. The van der Waals surface area contributed by atoms with Crippen LogP contribution in [-0.4, -0.2) is 59.2 Å². The molecule has 3 aliphatic rings. The molecule has 2 aromatic carbocycles. The van der Waals surface area contributed by atoms with Crippen LogP contribution in [0.2, 0.25) is 0 Å². The van der Waals surface area contributed by atoms with Crippen molar-refractivity contribution in [2.45, 2.75) is 13.8 Å². The highest BCUT2D eigenvalue weighted by atomic mass is 16.2. The minimum atomic E-state index is -0.113. The van der Waals surface area contributed by atoms with E-state index in [1.165, 1.54) is 10.0 Å². The molecule has 8 heteroatoms. The first-order valence-electron chi connectivity index (χ1n) is 11.3. The Labute approximate surface area is 198 Å². The standard InChI is InChI=1S/C26H26N6O2/c1-19-23(25(33)31(27-19)21-9-5-3-6-10-21)17-29-13-15-30(16-14-29)18-24-20(2)28-32(26(24)34)22-11-7-4-8-12-22/h3-12,17-18H,13-16H2,1-2H3/b23-17-,24-18+. The SMILES string of the molecule is CC1=NN(c2ccccc2)C(=O)/C1=C\N1CCN(/C=C2/C(=O)N(c3ccccc3)N=C2C)CC1. The summed E-state index contributed by atoms with van der Waals surface area (Å²) < 4.78 is 0. The number of carbonyl (C=O) groups is 2. The second kappa shape index (κ2) is 8.97. The summed E-state index contributed by atoms with van der Waals surface area (Å²) in [6.07, 6.45) is 3.83. The van der Waals surface area contributed by atoms with Crippen LogP contribution in [0, 0.1) is 0 Å². The van der Waals surface area contributed by atoms with Crippen LogP contribution >= 0.6 is 0 Å². The van der Waals surface area contributed by atoms with E-state index in [1.807, 2.05) is 86.9 Å². The number of carbonyl (C=O) groups excluding carboxylic acids is 2. The summed E-state index contributed by atoms with van der Waals surface area (Å²) in [6, 6.07) is 18.9. The lowest BCUT2D eigenvalue weighted by Gasteiger charge is -2.34. The summed E-state index contributed by atoms with van der Waals surface area (Å²) in [6.45, 7) is 6.69. The van der Waals surface area contributed by atoms with Gasteiger partial charge in [0, 0.05) is 38.6 Å². The van der Waals surface area contributed by atoms with Gasteiger partial charge in [-0.3, -0.25) is 9.59 Å². The maximum Gasteiger partial charge on any atom is 0.282 e. The van der Waals surface area contributed by atoms with E-state index in [0.29, 0.717) is 22.6 Å². The fourth-order valence-electron chi connectivity index (χ4n) is 4.18. The van der Waals surface area contributed by atoms with Gasteiger partial charge in [0.25, 0.3) is 11.8 Å². The highest BCUT2D eigenvalue weighted by Crippen LogP contribution is 2.25. The van der Waals surface area contributed by atoms with Crippen molar-refractivity contribution in [3.05, 3.63) is 84.2 Å². The molecule has 0 unspecified atom stereocenters. The van der Waals surface area contributed by atoms with Crippen LogP contribution < -0.4 is 10.0 Å². The van der Waals surface area contributed by atoms with Crippen molar-refractivity contribution in [1.29, 1.82) is 0 Å². The van der Waals surface area contributed by atoms with E-state index in [1.54, 1.807) is 0 Å². The summed E-state index contributed by atoms with van der Waals surface area (Å²) in [5.74, 6) is -0.227. The number of nitrogens with zero attached hydrogens (tertiary/aromatic N) is 6. The van der Waals surface area contributed by atoms with Crippen molar-refractivity contribution in [1.82, 2.24) is 9.80 Å². The first-order valence-corrected chi connectivity index (χ1v) is 11.3. The predicted octanol–water partition coefficient (Wildman–Crippen LogP) is 3.22. The number of para-hydroxylation sites is 2. The molecule has 0 radical (unpaired) electrons. The summed E-state index contributed by atoms with van der Waals surface area (Å²) in [7, 11) is 0. The predicted molar refractivity (Wildman–Crippen MR) is 133 cm³/mol. The second-order valence-electron chi connectivity index (χ2n) is 8.43. The smallest absolute Gasteiger partial charge is 0.282 e. The van der Waals surface area contributed by atoms with E-state index in [9.17, 15) is 9.59 Å². The molecule has 3 aliphatic heterocycles. The van der Waals surface area contributed by atoms with Gasteiger partial charge in [-0.1, -0.05) is 36.4 Å². The third-order valence-corrected chi connectivity index (χ3v) is 6.10. The average molecular weight is 455 g/mol. The maximum absolute atomic E-state index is 12.9. The van der Waals surface area contributed by atoms with E-state index in [4.69, 9.17) is 0 Å². The number of benzene rings is 2. The van der Waals surface area contributed by atoms with Crippen LogP contribution in [0.25, 0.3) is 0 Å². The zero-order valence-electron chi connectivity index (χ0n) is 19.3. The number of anilines is 2. The molecule has 0 atom stereocenters. The average Bonchev–Trinajstić information content (AvgIpc) is 3.31. The van der Waals surface area contributed by atoms with Crippen LogP contribution in [0.4, 0.5) is 11.4 Å². The molecule has 2 amide bonds. The van der Waals surface area contributed by atoms with Gasteiger partial charge in [0.1, 0.15) is 0 Å². The van der Waals surface area contributed by atoms with Gasteiger partial charge in [0.2, 0.25) is 0 Å². The number of hydrogen-bond donors (Lipinski definition) is 0. The zero-order chi connectivity index (χ0) is 23.7. The van der Waals surface area contributed by atoms with Gasteiger partial charge < -0.3 is 9.80 Å². The van der Waals surface area contributed by atoms with Gasteiger partial charge in [-0.15, -0.1) is 0 Å².